The standard InChI is InChI=1S/C10H15N3O/c1-3-7(2)12-10(14)8-5-4-6-9(11)13-8/h4-7H,3H2,1-2H3,(H2,11,13)(H,12,14). The number of nitrogens with zero attached hydrogens (tertiary/aromatic N) is 1. The van der Waals surface area contributed by atoms with Gasteiger partial charge >= 0.3 is 0 Å². The summed E-state index contributed by atoms with van der Waals surface area (Å²) in [5.41, 5.74) is 5.83. The summed E-state index contributed by atoms with van der Waals surface area (Å²) in [6.07, 6.45) is 0.897. The van der Waals surface area contributed by atoms with E-state index in [0.29, 0.717) is 11.5 Å². The number of nitrogens with two attached hydrogens (primary N) is 1. The SMILES string of the molecule is CCC(C)NC(=O)c1cccc(N)n1. The van der Waals surface area contributed by atoms with E-state index in [2.05, 4.69) is 10.3 Å². The third-order valence-electron chi connectivity index (χ3n) is 1.99. The smallest absolute Gasteiger partial charge is 0.270 e. The summed E-state index contributed by atoms with van der Waals surface area (Å²) in [7, 11) is 0. The first-order valence-electron chi connectivity index (χ1n) is 4.67. The minimum Gasteiger partial charge on any atom is -0.384 e. The van der Waals surface area contributed by atoms with Crippen LogP contribution in [0.4, 0.5) is 5.82 Å². The van der Waals surface area contributed by atoms with Gasteiger partial charge in [0.15, 0.2) is 0 Å². The van der Waals surface area contributed by atoms with E-state index in [1.807, 2.05) is 13.8 Å². The molecule has 0 aliphatic rings. The Hall–Kier alpha value is -1.58. The molecule has 1 rings (SSSR count). The number of aromatic nitrogens is 1. The van der Waals surface area contributed by atoms with Crippen LogP contribution in [0.2, 0.25) is 0 Å². The van der Waals surface area contributed by atoms with Gasteiger partial charge in [-0.05, 0) is 25.5 Å². The number of hydrogen-bond acceptors (Lipinski definition) is 3. The van der Waals surface area contributed by atoms with E-state index in [1.165, 1.54) is 0 Å². The van der Waals surface area contributed by atoms with E-state index in [1.54, 1.807) is 18.2 Å². The number of carbonyl (C=O) groups excluding carboxylic acids is 1. The number of carbonyl (C=O) groups is 1. The maximum Gasteiger partial charge on any atom is 0.270 e. The zero-order valence-corrected chi connectivity index (χ0v) is 8.45. The summed E-state index contributed by atoms with van der Waals surface area (Å²) >= 11 is 0. The molecule has 0 spiro atoms. The number of pyridine rings is 1. The molecular weight excluding hydrogens is 178 g/mol. The van der Waals surface area contributed by atoms with E-state index < -0.39 is 0 Å². The maximum absolute atomic E-state index is 11.5. The molecule has 1 aromatic rings. The van der Waals surface area contributed by atoms with Crippen LogP contribution in [-0.4, -0.2) is 16.9 Å². The van der Waals surface area contributed by atoms with Gasteiger partial charge in [-0.2, -0.15) is 0 Å². The fourth-order valence-corrected chi connectivity index (χ4v) is 0.978. The van der Waals surface area contributed by atoms with E-state index in [9.17, 15) is 4.79 Å². The highest BCUT2D eigenvalue weighted by Gasteiger charge is 2.09. The fourth-order valence-electron chi connectivity index (χ4n) is 0.978. The highest BCUT2D eigenvalue weighted by Crippen LogP contribution is 2.01. The second-order valence-electron chi connectivity index (χ2n) is 3.23. The predicted molar refractivity (Wildman–Crippen MR) is 55.9 cm³/mol. The molecule has 3 N–H and O–H groups in total. The molecule has 1 aromatic heterocycles. The topological polar surface area (TPSA) is 68.0 Å². The van der Waals surface area contributed by atoms with Gasteiger partial charge < -0.3 is 11.1 Å². The highest BCUT2D eigenvalue weighted by molar-refractivity contribution is 5.92. The van der Waals surface area contributed by atoms with Crippen molar-refractivity contribution in [3.63, 3.8) is 0 Å². The van der Waals surface area contributed by atoms with Gasteiger partial charge in [0, 0.05) is 6.04 Å². The Morgan fingerprint density at radius 1 is 1.64 bits per heavy atom. The van der Waals surface area contributed by atoms with Crippen LogP contribution in [0.15, 0.2) is 18.2 Å². The van der Waals surface area contributed by atoms with E-state index in [0.717, 1.165) is 6.42 Å². The lowest BCUT2D eigenvalue weighted by Crippen LogP contribution is -2.32. The van der Waals surface area contributed by atoms with Crippen molar-refractivity contribution in [1.29, 1.82) is 0 Å². The summed E-state index contributed by atoms with van der Waals surface area (Å²) in [5, 5.41) is 2.82. The second kappa shape index (κ2) is 4.60. The largest absolute Gasteiger partial charge is 0.384 e. The number of anilines is 1. The van der Waals surface area contributed by atoms with Crippen molar-refractivity contribution in [2.24, 2.45) is 0 Å². The molecule has 1 amide bonds. The molecule has 0 aliphatic heterocycles. The molecule has 1 unspecified atom stereocenters. The van der Waals surface area contributed by atoms with Gasteiger partial charge in [0.1, 0.15) is 11.5 Å². The molecule has 14 heavy (non-hydrogen) atoms. The normalized spacial score (nSPS) is 12.1. The summed E-state index contributed by atoms with van der Waals surface area (Å²) < 4.78 is 0. The van der Waals surface area contributed by atoms with Crippen LogP contribution in [0.1, 0.15) is 30.8 Å². The molecule has 1 atom stereocenters. The van der Waals surface area contributed by atoms with Crippen LogP contribution in [0, 0.1) is 0 Å². The lowest BCUT2D eigenvalue weighted by atomic mass is 10.2. The van der Waals surface area contributed by atoms with E-state index in [4.69, 9.17) is 5.73 Å². The summed E-state index contributed by atoms with van der Waals surface area (Å²) in [6.45, 7) is 3.96. The van der Waals surface area contributed by atoms with Gasteiger partial charge in [0.2, 0.25) is 0 Å². The minimum absolute atomic E-state index is 0.158. The van der Waals surface area contributed by atoms with Crippen molar-refractivity contribution < 1.29 is 4.79 Å². The van der Waals surface area contributed by atoms with Crippen LogP contribution in [-0.2, 0) is 0 Å². The number of nitrogen functional groups attached to an aromatic ring is 1. The molecule has 4 nitrogen and oxygen atoms in total. The van der Waals surface area contributed by atoms with E-state index >= 15 is 0 Å². The third-order valence-corrected chi connectivity index (χ3v) is 1.99. The number of nitrogens with one attached hydrogen (secondary N) is 1. The Labute approximate surface area is 83.5 Å². The van der Waals surface area contributed by atoms with Crippen molar-refractivity contribution in [2.75, 3.05) is 5.73 Å². The van der Waals surface area contributed by atoms with E-state index in [-0.39, 0.29) is 11.9 Å². The second-order valence-corrected chi connectivity index (χ2v) is 3.23. The summed E-state index contributed by atoms with van der Waals surface area (Å²) in [4.78, 5) is 15.5. The first-order chi connectivity index (χ1) is 6.63. The molecule has 4 heteroatoms. The lowest BCUT2D eigenvalue weighted by molar-refractivity contribution is 0.0934. The average molecular weight is 193 g/mol. The molecule has 0 aliphatic carbocycles. The molecule has 0 aromatic carbocycles. The Morgan fingerprint density at radius 2 is 2.36 bits per heavy atom. The molecule has 0 bridgehead atoms. The maximum atomic E-state index is 11.5. The van der Waals surface area contributed by atoms with Crippen LogP contribution in [0.5, 0.6) is 0 Å². The average Bonchev–Trinajstić information content (AvgIpc) is 2.17. The van der Waals surface area contributed by atoms with Crippen molar-refractivity contribution >= 4 is 11.7 Å². The highest BCUT2D eigenvalue weighted by atomic mass is 16.1. The number of rotatable bonds is 3. The molecule has 0 radical (unpaired) electrons. The minimum atomic E-state index is -0.174. The molecular formula is C10H15N3O. The molecule has 76 valence electrons. The third kappa shape index (κ3) is 2.73. The zero-order chi connectivity index (χ0) is 10.6. The van der Waals surface area contributed by atoms with Crippen LogP contribution in [0.25, 0.3) is 0 Å². The molecule has 0 saturated carbocycles. The van der Waals surface area contributed by atoms with Crippen LogP contribution in [0.3, 0.4) is 0 Å². The first kappa shape index (κ1) is 10.5. The van der Waals surface area contributed by atoms with Crippen molar-refractivity contribution in [3.8, 4) is 0 Å². The van der Waals surface area contributed by atoms with Gasteiger partial charge in [-0.25, -0.2) is 4.98 Å². The van der Waals surface area contributed by atoms with Gasteiger partial charge in [0.25, 0.3) is 5.91 Å². The summed E-state index contributed by atoms with van der Waals surface area (Å²) in [6, 6.07) is 5.17. The Kier molecular flexibility index (Phi) is 3.45. The molecule has 0 saturated heterocycles. The first-order valence-corrected chi connectivity index (χ1v) is 4.67. The van der Waals surface area contributed by atoms with Gasteiger partial charge in [-0.3, -0.25) is 4.79 Å². The van der Waals surface area contributed by atoms with Crippen molar-refractivity contribution in [2.45, 2.75) is 26.3 Å². The Morgan fingerprint density at radius 3 is 2.93 bits per heavy atom. The van der Waals surface area contributed by atoms with Gasteiger partial charge in [0.05, 0.1) is 0 Å². The Bertz CT molecular complexity index is 325. The van der Waals surface area contributed by atoms with Gasteiger partial charge in [-0.1, -0.05) is 13.0 Å². The Balaban J connectivity index is 2.70. The van der Waals surface area contributed by atoms with Crippen LogP contribution < -0.4 is 11.1 Å². The summed E-state index contributed by atoms with van der Waals surface area (Å²) in [5.74, 6) is 0.188. The van der Waals surface area contributed by atoms with Crippen molar-refractivity contribution in [3.05, 3.63) is 23.9 Å². The molecule has 0 fully saturated rings. The van der Waals surface area contributed by atoms with Gasteiger partial charge in [-0.15, -0.1) is 0 Å². The number of amides is 1. The lowest BCUT2D eigenvalue weighted by Gasteiger charge is -2.10. The zero-order valence-electron chi connectivity index (χ0n) is 8.45. The van der Waals surface area contributed by atoms with Crippen molar-refractivity contribution in [1.82, 2.24) is 10.3 Å². The quantitative estimate of drug-likeness (QED) is 0.757. The monoisotopic (exact) mass is 193 g/mol. The predicted octanol–water partition coefficient (Wildman–Crippen LogP) is 1.19. The fraction of sp³-hybridized carbons (Fsp3) is 0.400. The number of hydrogen-bond donors (Lipinski definition) is 2. The molecule has 1 heterocycles. The van der Waals surface area contributed by atoms with Crippen LogP contribution >= 0.6 is 0 Å².